The van der Waals surface area contributed by atoms with E-state index in [2.05, 4.69) is 39.4 Å². The number of aryl methyl sites for hydroxylation is 1. The van der Waals surface area contributed by atoms with Gasteiger partial charge in [-0.3, -0.25) is 4.68 Å². The molecule has 0 bridgehead atoms. The van der Waals surface area contributed by atoms with Gasteiger partial charge in [-0.05, 0) is 45.9 Å². The van der Waals surface area contributed by atoms with Crippen LogP contribution < -0.4 is 5.73 Å². The Kier molecular flexibility index (Phi) is 3.23. The first kappa shape index (κ1) is 10.9. The van der Waals surface area contributed by atoms with Crippen LogP contribution in [0.15, 0.2) is 27.5 Å². The van der Waals surface area contributed by atoms with Crippen LogP contribution in [0.1, 0.15) is 24.2 Å². The summed E-state index contributed by atoms with van der Waals surface area (Å²) in [6.45, 7) is 2.91. The molecule has 0 amide bonds. The van der Waals surface area contributed by atoms with E-state index in [-0.39, 0.29) is 6.04 Å². The zero-order chi connectivity index (χ0) is 10.8. The molecule has 2 rings (SSSR count). The summed E-state index contributed by atoms with van der Waals surface area (Å²) in [6, 6.07) is 3.94. The normalized spacial score (nSPS) is 13.0. The van der Waals surface area contributed by atoms with Crippen LogP contribution >= 0.6 is 27.3 Å². The van der Waals surface area contributed by atoms with Crippen molar-refractivity contribution in [3.05, 3.63) is 38.8 Å². The minimum Gasteiger partial charge on any atom is -0.319 e. The first-order valence-corrected chi connectivity index (χ1v) is 6.41. The second-order valence-electron chi connectivity index (χ2n) is 3.23. The number of rotatable bonds is 3. The van der Waals surface area contributed by atoms with E-state index in [1.165, 1.54) is 0 Å². The number of nitrogens with zero attached hydrogens (tertiary/aromatic N) is 2. The van der Waals surface area contributed by atoms with E-state index in [4.69, 9.17) is 5.73 Å². The van der Waals surface area contributed by atoms with Crippen molar-refractivity contribution >= 4 is 27.3 Å². The SMILES string of the molecule is CCn1nccc1C(N)c1csc(Br)c1. The number of aromatic nitrogens is 2. The molecule has 0 aliphatic rings. The number of hydrogen-bond donors (Lipinski definition) is 1. The fraction of sp³-hybridized carbons (Fsp3) is 0.300. The molecule has 80 valence electrons. The molecule has 0 radical (unpaired) electrons. The fourth-order valence-corrected chi connectivity index (χ4v) is 2.74. The Morgan fingerprint density at radius 3 is 3.07 bits per heavy atom. The lowest BCUT2D eigenvalue weighted by Gasteiger charge is -2.11. The molecular formula is C10H12BrN3S. The minimum atomic E-state index is -0.0880. The van der Waals surface area contributed by atoms with Crippen molar-refractivity contribution in [1.29, 1.82) is 0 Å². The molecule has 0 aliphatic heterocycles. The number of hydrogen-bond acceptors (Lipinski definition) is 3. The Bertz CT molecular complexity index is 449. The molecule has 2 N–H and O–H groups in total. The molecule has 5 heteroatoms. The van der Waals surface area contributed by atoms with Crippen LogP contribution in [-0.4, -0.2) is 9.78 Å². The van der Waals surface area contributed by atoms with Gasteiger partial charge in [0.05, 0.1) is 15.5 Å². The number of nitrogens with two attached hydrogens (primary N) is 1. The molecule has 2 aromatic rings. The molecule has 2 aromatic heterocycles. The summed E-state index contributed by atoms with van der Waals surface area (Å²) < 4.78 is 3.03. The molecule has 0 fully saturated rings. The summed E-state index contributed by atoms with van der Waals surface area (Å²) in [7, 11) is 0. The van der Waals surface area contributed by atoms with Crippen LogP contribution in [0.2, 0.25) is 0 Å². The van der Waals surface area contributed by atoms with Gasteiger partial charge in [-0.25, -0.2) is 0 Å². The Hall–Kier alpha value is -0.650. The van der Waals surface area contributed by atoms with E-state index in [1.54, 1.807) is 17.5 Å². The van der Waals surface area contributed by atoms with Gasteiger partial charge in [-0.15, -0.1) is 11.3 Å². The number of halogens is 1. The largest absolute Gasteiger partial charge is 0.319 e. The first-order valence-electron chi connectivity index (χ1n) is 4.73. The van der Waals surface area contributed by atoms with Crippen LogP contribution in [0.25, 0.3) is 0 Å². The highest BCUT2D eigenvalue weighted by Crippen LogP contribution is 2.27. The highest BCUT2D eigenvalue weighted by molar-refractivity contribution is 9.11. The van der Waals surface area contributed by atoms with Gasteiger partial charge in [0.1, 0.15) is 0 Å². The van der Waals surface area contributed by atoms with E-state index >= 15 is 0 Å². The van der Waals surface area contributed by atoms with Crippen molar-refractivity contribution in [2.24, 2.45) is 5.73 Å². The molecule has 0 aliphatic carbocycles. The van der Waals surface area contributed by atoms with Crippen molar-refractivity contribution in [3.8, 4) is 0 Å². The lowest BCUT2D eigenvalue weighted by atomic mass is 10.1. The van der Waals surface area contributed by atoms with E-state index in [9.17, 15) is 0 Å². The average Bonchev–Trinajstić information content (AvgIpc) is 2.84. The van der Waals surface area contributed by atoms with Gasteiger partial charge in [0.25, 0.3) is 0 Å². The van der Waals surface area contributed by atoms with Crippen LogP contribution in [0.4, 0.5) is 0 Å². The van der Waals surface area contributed by atoms with E-state index in [1.807, 2.05) is 10.7 Å². The molecule has 0 aromatic carbocycles. The lowest BCUT2D eigenvalue weighted by Crippen LogP contribution is -2.16. The first-order chi connectivity index (χ1) is 7.22. The molecule has 1 unspecified atom stereocenters. The monoisotopic (exact) mass is 285 g/mol. The zero-order valence-corrected chi connectivity index (χ0v) is 10.8. The van der Waals surface area contributed by atoms with Crippen molar-refractivity contribution in [2.75, 3.05) is 0 Å². The second kappa shape index (κ2) is 4.47. The lowest BCUT2D eigenvalue weighted by molar-refractivity contribution is 0.601. The minimum absolute atomic E-state index is 0.0880. The van der Waals surface area contributed by atoms with Gasteiger partial charge in [-0.1, -0.05) is 0 Å². The average molecular weight is 286 g/mol. The standard InChI is InChI=1S/C10H12BrN3S/c1-2-14-8(3-4-13-14)10(12)7-5-9(11)15-6-7/h3-6,10H,2,12H2,1H3. The van der Waals surface area contributed by atoms with Crippen molar-refractivity contribution in [3.63, 3.8) is 0 Å². The van der Waals surface area contributed by atoms with Gasteiger partial charge in [-0.2, -0.15) is 5.10 Å². The summed E-state index contributed by atoms with van der Waals surface area (Å²) in [4.78, 5) is 0. The van der Waals surface area contributed by atoms with Crippen LogP contribution in [0.5, 0.6) is 0 Å². The highest BCUT2D eigenvalue weighted by atomic mass is 79.9. The predicted octanol–water partition coefficient (Wildman–Crippen LogP) is 2.78. The smallest absolute Gasteiger partial charge is 0.0731 e. The molecular weight excluding hydrogens is 274 g/mol. The predicted molar refractivity (Wildman–Crippen MR) is 66.0 cm³/mol. The van der Waals surface area contributed by atoms with Crippen LogP contribution in [0, 0.1) is 0 Å². The molecule has 0 saturated heterocycles. The summed E-state index contributed by atoms with van der Waals surface area (Å²) in [6.07, 6.45) is 1.79. The quantitative estimate of drug-likeness (QED) is 0.943. The topological polar surface area (TPSA) is 43.8 Å². The van der Waals surface area contributed by atoms with Crippen LogP contribution in [-0.2, 0) is 6.54 Å². The highest BCUT2D eigenvalue weighted by Gasteiger charge is 2.14. The maximum absolute atomic E-state index is 6.18. The summed E-state index contributed by atoms with van der Waals surface area (Å²) in [5.74, 6) is 0. The Balaban J connectivity index is 2.31. The van der Waals surface area contributed by atoms with Gasteiger partial charge < -0.3 is 5.73 Å². The zero-order valence-electron chi connectivity index (χ0n) is 8.35. The molecule has 0 spiro atoms. The van der Waals surface area contributed by atoms with E-state index in [0.717, 1.165) is 21.6 Å². The maximum atomic E-state index is 6.18. The van der Waals surface area contributed by atoms with E-state index < -0.39 is 0 Å². The fourth-order valence-electron chi connectivity index (χ4n) is 1.53. The third-order valence-electron chi connectivity index (χ3n) is 2.31. The summed E-state index contributed by atoms with van der Waals surface area (Å²) in [5.41, 5.74) is 8.36. The Morgan fingerprint density at radius 1 is 1.67 bits per heavy atom. The van der Waals surface area contributed by atoms with Gasteiger partial charge in [0, 0.05) is 12.7 Å². The molecule has 1 atom stereocenters. The molecule has 3 nitrogen and oxygen atoms in total. The van der Waals surface area contributed by atoms with E-state index in [0.29, 0.717) is 0 Å². The third kappa shape index (κ3) is 2.14. The molecule has 0 saturated carbocycles. The van der Waals surface area contributed by atoms with Crippen molar-refractivity contribution < 1.29 is 0 Å². The molecule has 2 heterocycles. The van der Waals surface area contributed by atoms with Crippen LogP contribution in [0.3, 0.4) is 0 Å². The summed E-state index contributed by atoms with van der Waals surface area (Å²) in [5, 5.41) is 6.29. The second-order valence-corrected chi connectivity index (χ2v) is 5.52. The number of thiophene rings is 1. The summed E-state index contributed by atoms with van der Waals surface area (Å²) >= 11 is 5.09. The third-order valence-corrected chi connectivity index (χ3v) is 3.84. The molecule has 15 heavy (non-hydrogen) atoms. The van der Waals surface area contributed by atoms with Crippen molar-refractivity contribution in [2.45, 2.75) is 19.5 Å². The Morgan fingerprint density at radius 2 is 2.47 bits per heavy atom. The van der Waals surface area contributed by atoms with Gasteiger partial charge >= 0.3 is 0 Å². The van der Waals surface area contributed by atoms with Gasteiger partial charge in [0.15, 0.2) is 0 Å². The maximum Gasteiger partial charge on any atom is 0.0731 e. The Labute approximate surface area is 101 Å². The van der Waals surface area contributed by atoms with Crippen molar-refractivity contribution in [1.82, 2.24) is 9.78 Å². The van der Waals surface area contributed by atoms with Gasteiger partial charge in [0.2, 0.25) is 0 Å².